The Morgan fingerprint density at radius 2 is 2.11 bits per heavy atom. The number of carbonyl (C=O) groups is 2. The van der Waals surface area contributed by atoms with Gasteiger partial charge >= 0.3 is 0 Å². The molecule has 0 saturated carbocycles. The number of hydrogen-bond acceptors (Lipinski definition) is 4. The van der Waals surface area contributed by atoms with Crippen LogP contribution in [-0.4, -0.2) is 47.0 Å². The lowest BCUT2D eigenvalue weighted by Crippen LogP contribution is -2.34. The lowest BCUT2D eigenvalue weighted by atomic mass is 10.2. The number of hydrogen-bond donors (Lipinski definition) is 0. The van der Waals surface area contributed by atoms with Crippen LogP contribution in [0.2, 0.25) is 0 Å². The van der Waals surface area contributed by atoms with E-state index in [-0.39, 0.29) is 28.3 Å². The van der Waals surface area contributed by atoms with E-state index in [1.165, 1.54) is 23.5 Å². The maximum atomic E-state index is 13.6. The molecule has 1 saturated heterocycles. The van der Waals surface area contributed by atoms with Crippen LogP contribution in [0, 0.1) is 5.82 Å². The number of thioether (sulfide) groups is 1. The summed E-state index contributed by atoms with van der Waals surface area (Å²) in [5, 5.41) is 1.62. The predicted octanol–water partition coefficient (Wildman–Crippen LogP) is 4.40. The molecule has 27 heavy (non-hydrogen) atoms. The van der Waals surface area contributed by atoms with Crippen LogP contribution in [0.4, 0.5) is 4.39 Å². The van der Waals surface area contributed by atoms with Gasteiger partial charge in [-0.15, -0.1) is 23.1 Å². The van der Waals surface area contributed by atoms with Crippen molar-refractivity contribution in [1.82, 2.24) is 9.80 Å². The van der Waals surface area contributed by atoms with Gasteiger partial charge in [0.2, 0.25) is 5.91 Å². The zero-order valence-corrected chi connectivity index (χ0v) is 17.1. The summed E-state index contributed by atoms with van der Waals surface area (Å²) < 4.78 is 13.6. The lowest BCUT2D eigenvalue weighted by Gasteiger charge is -2.25. The first-order valence-corrected chi connectivity index (χ1v) is 10.8. The summed E-state index contributed by atoms with van der Waals surface area (Å²) >= 11 is 3.01. The van der Waals surface area contributed by atoms with E-state index < -0.39 is 0 Å². The molecular weight excluding hydrogens is 383 g/mol. The molecule has 1 fully saturated rings. The van der Waals surface area contributed by atoms with Crippen molar-refractivity contribution in [1.29, 1.82) is 0 Å². The van der Waals surface area contributed by atoms with Gasteiger partial charge in [-0.3, -0.25) is 9.59 Å². The average Bonchev–Trinajstić information content (AvgIpc) is 3.30. The van der Waals surface area contributed by atoms with Crippen LogP contribution < -0.4 is 0 Å². The molecule has 0 spiro atoms. The summed E-state index contributed by atoms with van der Waals surface area (Å²) in [6.45, 7) is 3.11. The number of carbonyl (C=O) groups excluding carboxylic acids is 2. The maximum absolute atomic E-state index is 13.6. The third-order valence-corrected chi connectivity index (χ3v) is 7.12. The Labute approximate surface area is 167 Å². The SMILES string of the molecule is CC[C@H]1S[C@@H](c2cccc(F)c2)N(CCCN(C)C(=O)c2cccs2)C1=O. The van der Waals surface area contributed by atoms with Crippen LogP contribution in [0.15, 0.2) is 41.8 Å². The van der Waals surface area contributed by atoms with Crippen molar-refractivity contribution >= 4 is 34.9 Å². The first kappa shape index (κ1) is 19.9. The van der Waals surface area contributed by atoms with Crippen LogP contribution in [0.3, 0.4) is 0 Å². The van der Waals surface area contributed by atoms with Gasteiger partial charge in [0.1, 0.15) is 11.2 Å². The molecular formula is C20H23FN2O2S2. The fourth-order valence-electron chi connectivity index (χ4n) is 3.17. The minimum Gasteiger partial charge on any atom is -0.341 e. The first-order valence-electron chi connectivity index (χ1n) is 9.01. The summed E-state index contributed by atoms with van der Waals surface area (Å²) in [6, 6.07) is 10.1. The van der Waals surface area contributed by atoms with Gasteiger partial charge in [-0.2, -0.15) is 0 Å². The summed E-state index contributed by atoms with van der Waals surface area (Å²) in [5.41, 5.74) is 0.812. The van der Waals surface area contributed by atoms with Gasteiger partial charge in [-0.25, -0.2) is 4.39 Å². The predicted molar refractivity (Wildman–Crippen MR) is 108 cm³/mol. The molecule has 2 heterocycles. The van der Waals surface area contributed by atoms with Crippen LogP contribution in [0.1, 0.15) is 40.4 Å². The molecule has 0 unspecified atom stereocenters. The Morgan fingerprint density at radius 3 is 2.78 bits per heavy atom. The number of amides is 2. The second-order valence-electron chi connectivity index (χ2n) is 6.53. The van der Waals surface area contributed by atoms with Crippen molar-refractivity contribution in [3.05, 3.63) is 58.0 Å². The van der Waals surface area contributed by atoms with Crippen molar-refractivity contribution in [3.63, 3.8) is 0 Å². The highest BCUT2D eigenvalue weighted by Gasteiger charge is 2.39. The Kier molecular flexibility index (Phi) is 6.55. The summed E-state index contributed by atoms with van der Waals surface area (Å²) in [7, 11) is 1.78. The number of halogens is 1. The average molecular weight is 407 g/mol. The highest BCUT2D eigenvalue weighted by molar-refractivity contribution is 8.01. The van der Waals surface area contributed by atoms with Crippen LogP contribution in [-0.2, 0) is 4.79 Å². The number of thiophene rings is 1. The van der Waals surface area contributed by atoms with E-state index in [9.17, 15) is 14.0 Å². The summed E-state index contributed by atoms with van der Waals surface area (Å²) in [4.78, 5) is 29.3. The molecule has 2 atom stereocenters. The minimum atomic E-state index is -0.290. The van der Waals surface area contributed by atoms with Crippen LogP contribution in [0.5, 0.6) is 0 Å². The smallest absolute Gasteiger partial charge is 0.263 e. The quantitative estimate of drug-likeness (QED) is 0.684. The van der Waals surface area contributed by atoms with Crippen LogP contribution in [0.25, 0.3) is 0 Å². The molecule has 7 heteroatoms. The second-order valence-corrected chi connectivity index (χ2v) is 8.76. The van der Waals surface area contributed by atoms with Gasteiger partial charge in [0, 0.05) is 20.1 Å². The van der Waals surface area contributed by atoms with Crippen molar-refractivity contribution in [2.45, 2.75) is 30.4 Å². The highest BCUT2D eigenvalue weighted by atomic mass is 32.2. The highest BCUT2D eigenvalue weighted by Crippen LogP contribution is 2.44. The van der Waals surface area contributed by atoms with Gasteiger partial charge in [-0.1, -0.05) is 25.1 Å². The number of rotatable bonds is 7. The molecule has 2 aromatic rings. The fourth-order valence-corrected chi connectivity index (χ4v) is 5.31. The van der Waals surface area contributed by atoms with Crippen molar-refractivity contribution in [2.75, 3.05) is 20.1 Å². The van der Waals surface area contributed by atoms with Crippen molar-refractivity contribution < 1.29 is 14.0 Å². The van der Waals surface area contributed by atoms with E-state index in [1.807, 2.05) is 35.4 Å². The standard InChI is InChI=1S/C20H23FN2O2S2/c1-3-16-19(25)23(20(27-16)14-7-4-8-15(21)13-14)11-6-10-22(2)18(24)17-9-5-12-26-17/h4-5,7-9,12-13,16,20H,3,6,10-11H2,1-2H3/t16-,20+/m1/s1. The van der Waals surface area contributed by atoms with E-state index >= 15 is 0 Å². The molecule has 4 nitrogen and oxygen atoms in total. The Hall–Kier alpha value is -1.86. The molecule has 1 aromatic heterocycles. The fraction of sp³-hybridized carbons (Fsp3) is 0.400. The summed E-state index contributed by atoms with van der Waals surface area (Å²) in [5.74, 6) is -0.189. The van der Waals surface area contributed by atoms with E-state index in [0.717, 1.165) is 12.0 Å². The summed E-state index contributed by atoms with van der Waals surface area (Å²) in [6.07, 6.45) is 1.44. The van der Waals surface area contributed by atoms with Gasteiger partial charge < -0.3 is 9.80 Å². The van der Waals surface area contributed by atoms with Gasteiger partial charge in [0.05, 0.1) is 10.1 Å². The molecule has 1 aliphatic rings. The molecule has 0 N–H and O–H groups in total. The van der Waals surface area contributed by atoms with Crippen molar-refractivity contribution in [3.8, 4) is 0 Å². The van der Waals surface area contributed by atoms with Gasteiger partial charge in [0.25, 0.3) is 5.91 Å². The zero-order valence-electron chi connectivity index (χ0n) is 15.4. The first-order chi connectivity index (χ1) is 13.0. The molecule has 1 aromatic carbocycles. The topological polar surface area (TPSA) is 40.6 Å². The number of nitrogens with zero attached hydrogens (tertiary/aromatic N) is 2. The molecule has 0 aliphatic carbocycles. The van der Waals surface area contributed by atoms with Gasteiger partial charge in [-0.05, 0) is 42.0 Å². The molecule has 0 radical (unpaired) electrons. The van der Waals surface area contributed by atoms with E-state index in [0.29, 0.717) is 24.4 Å². The second kappa shape index (κ2) is 8.89. The van der Waals surface area contributed by atoms with Crippen LogP contribution >= 0.6 is 23.1 Å². The van der Waals surface area contributed by atoms with E-state index in [2.05, 4.69) is 0 Å². The third kappa shape index (κ3) is 4.52. The van der Waals surface area contributed by atoms with Crippen molar-refractivity contribution in [2.24, 2.45) is 0 Å². The largest absolute Gasteiger partial charge is 0.341 e. The molecule has 2 amide bonds. The maximum Gasteiger partial charge on any atom is 0.263 e. The number of benzene rings is 1. The van der Waals surface area contributed by atoms with E-state index in [1.54, 1.807) is 29.8 Å². The lowest BCUT2D eigenvalue weighted by molar-refractivity contribution is -0.130. The molecule has 0 bridgehead atoms. The normalized spacial score (nSPS) is 19.5. The third-order valence-electron chi connectivity index (χ3n) is 4.61. The van der Waals surface area contributed by atoms with E-state index in [4.69, 9.17) is 0 Å². The minimum absolute atomic E-state index is 0.000221. The molecule has 144 valence electrons. The molecule has 1 aliphatic heterocycles. The van der Waals surface area contributed by atoms with Gasteiger partial charge in [0.15, 0.2) is 0 Å². The monoisotopic (exact) mass is 406 g/mol. The molecule has 3 rings (SSSR count). The Bertz CT molecular complexity index is 797. The Morgan fingerprint density at radius 1 is 1.30 bits per heavy atom. The Balaban J connectivity index is 1.64. The zero-order chi connectivity index (χ0) is 19.4.